The molecule has 4 N–H and O–H groups in total. The summed E-state index contributed by atoms with van der Waals surface area (Å²) >= 11 is 0. The first-order valence-corrected chi connectivity index (χ1v) is 12.9. The molecule has 10 nitrogen and oxygen atoms in total. The van der Waals surface area contributed by atoms with Gasteiger partial charge in [0, 0.05) is 20.5 Å². The van der Waals surface area contributed by atoms with Gasteiger partial charge in [-0.15, -0.1) is 0 Å². The highest BCUT2D eigenvalue weighted by molar-refractivity contribution is 5.91. The highest BCUT2D eigenvalue weighted by atomic mass is 19.1. The lowest BCUT2D eigenvalue weighted by atomic mass is 9.99. The standard InChI is InChI=1S/C27H43FN4O6/c1-17(2)14-21(25(35)29-20(22(33)15-28)12-13-23(34)32(5)6)30-26(36)24(18(3)4)31-27(37)38-16-19-10-8-7-9-11-19/h7-11,17-18,20-22,24,33H,12-16H2,1-6H3,(H,29,35)(H,30,36)(H,31,37)/t20?,21-,22?,24-/m0/s1. The van der Waals surface area contributed by atoms with Crippen molar-refractivity contribution in [1.29, 1.82) is 0 Å². The maximum Gasteiger partial charge on any atom is 0.408 e. The molecule has 11 heteroatoms. The molecular formula is C27H43FN4O6. The van der Waals surface area contributed by atoms with Gasteiger partial charge in [-0.2, -0.15) is 0 Å². The number of ether oxygens (including phenoxy) is 1. The van der Waals surface area contributed by atoms with Gasteiger partial charge in [-0.1, -0.05) is 58.0 Å². The highest BCUT2D eigenvalue weighted by Gasteiger charge is 2.32. The van der Waals surface area contributed by atoms with Crippen molar-refractivity contribution in [2.45, 2.75) is 77.8 Å². The van der Waals surface area contributed by atoms with E-state index in [0.717, 1.165) is 5.56 Å². The zero-order valence-electron chi connectivity index (χ0n) is 23.2. The first kappa shape index (κ1) is 32.8. The third-order valence-corrected chi connectivity index (χ3v) is 5.89. The molecule has 4 atom stereocenters. The summed E-state index contributed by atoms with van der Waals surface area (Å²) in [5.74, 6) is -1.74. The van der Waals surface area contributed by atoms with E-state index >= 15 is 0 Å². The van der Waals surface area contributed by atoms with Crippen LogP contribution in [0.2, 0.25) is 0 Å². The Morgan fingerprint density at radius 3 is 2.13 bits per heavy atom. The number of aliphatic hydroxyl groups is 1. The van der Waals surface area contributed by atoms with Crippen molar-refractivity contribution in [3.8, 4) is 0 Å². The maximum atomic E-state index is 13.3. The number of nitrogens with zero attached hydrogens (tertiary/aromatic N) is 1. The number of halogens is 1. The number of alkyl carbamates (subject to hydrolysis) is 1. The molecule has 0 radical (unpaired) electrons. The Morgan fingerprint density at radius 2 is 1.61 bits per heavy atom. The molecule has 0 aliphatic heterocycles. The van der Waals surface area contributed by atoms with E-state index in [9.17, 15) is 28.7 Å². The van der Waals surface area contributed by atoms with Gasteiger partial charge >= 0.3 is 6.09 Å². The summed E-state index contributed by atoms with van der Waals surface area (Å²) in [7, 11) is 3.15. The minimum atomic E-state index is -1.51. The normalized spacial score (nSPS) is 14.3. The van der Waals surface area contributed by atoms with Gasteiger partial charge in [-0.05, 0) is 30.2 Å². The molecule has 0 saturated heterocycles. The minimum absolute atomic E-state index is 0.000644. The number of aliphatic hydroxyl groups excluding tert-OH is 1. The summed E-state index contributed by atoms with van der Waals surface area (Å²) in [6, 6.07) is 6.08. The zero-order chi connectivity index (χ0) is 28.8. The van der Waals surface area contributed by atoms with Gasteiger partial charge in [0.2, 0.25) is 17.7 Å². The van der Waals surface area contributed by atoms with Crippen molar-refractivity contribution in [2.24, 2.45) is 11.8 Å². The van der Waals surface area contributed by atoms with Crippen molar-refractivity contribution in [1.82, 2.24) is 20.9 Å². The van der Waals surface area contributed by atoms with Crippen LogP contribution in [0.3, 0.4) is 0 Å². The van der Waals surface area contributed by atoms with E-state index in [1.807, 2.05) is 32.0 Å². The van der Waals surface area contributed by atoms with Crippen LogP contribution in [0.4, 0.5) is 9.18 Å². The summed E-state index contributed by atoms with van der Waals surface area (Å²) in [6.45, 7) is 6.16. The molecule has 214 valence electrons. The van der Waals surface area contributed by atoms with Crippen LogP contribution in [0.25, 0.3) is 0 Å². The summed E-state index contributed by atoms with van der Waals surface area (Å²) in [4.78, 5) is 52.0. The lowest BCUT2D eigenvalue weighted by molar-refractivity contribution is -0.132. The average Bonchev–Trinajstić information content (AvgIpc) is 2.87. The molecule has 0 spiro atoms. The molecule has 0 aromatic heterocycles. The summed E-state index contributed by atoms with van der Waals surface area (Å²) < 4.78 is 18.5. The molecular weight excluding hydrogens is 495 g/mol. The lowest BCUT2D eigenvalue weighted by Gasteiger charge is -2.28. The van der Waals surface area contributed by atoms with E-state index < -0.39 is 48.8 Å². The molecule has 0 heterocycles. The lowest BCUT2D eigenvalue weighted by Crippen LogP contribution is -2.57. The van der Waals surface area contributed by atoms with Crippen LogP contribution in [-0.2, 0) is 25.7 Å². The van der Waals surface area contributed by atoms with Crippen LogP contribution < -0.4 is 16.0 Å². The third-order valence-electron chi connectivity index (χ3n) is 5.89. The quantitative estimate of drug-likeness (QED) is 0.270. The Balaban J connectivity index is 2.89. The van der Waals surface area contributed by atoms with Crippen molar-refractivity contribution >= 4 is 23.8 Å². The largest absolute Gasteiger partial charge is 0.445 e. The van der Waals surface area contributed by atoms with Gasteiger partial charge in [-0.3, -0.25) is 14.4 Å². The van der Waals surface area contributed by atoms with Gasteiger partial charge < -0.3 is 30.7 Å². The second kappa shape index (κ2) is 16.6. The Bertz CT molecular complexity index is 897. The molecule has 1 rings (SSSR count). The summed E-state index contributed by atoms with van der Waals surface area (Å²) in [6.07, 6.45) is -1.99. The number of carbonyl (C=O) groups excluding carboxylic acids is 4. The predicted octanol–water partition coefficient (Wildman–Crippen LogP) is 2.15. The average molecular weight is 539 g/mol. The fourth-order valence-electron chi connectivity index (χ4n) is 3.65. The van der Waals surface area contributed by atoms with E-state index in [4.69, 9.17) is 4.74 Å². The van der Waals surface area contributed by atoms with Gasteiger partial charge in [0.25, 0.3) is 0 Å². The Kier molecular flexibility index (Phi) is 14.3. The first-order valence-electron chi connectivity index (χ1n) is 12.9. The number of amides is 4. The van der Waals surface area contributed by atoms with Crippen LogP contribution in [0.5, 0.6) is 0 Å². The second-order valence-electron chi connectivity index (χ2n) is 10.3. The molecule has 0 bridgehead atoms. The number of nitrogens with one attached hydrogen (secondary N) is 3. The topological polar surface area (TPSA) is 137 Å². The molecule has 0 aliphatic rings. The monoisotopic (exact) mass is 538 g/mol. The van der Waals surface area contributed by atoms with Crippen LogP contribution in [0.15, 0.2) is 30.3 Å². The van der Waals surface area contributed by atoms with E-state index in [1.54, 1.807) is 40.1 Å². The summed E-state index contributed by atoms with van der Waals surface area (Å²) in [5, 5.41) is 17.9. The fraction of sp³-hybridized carbons (Fsp3) is 0.630. The molecule has 2 unspecified atom stereocenters. The first-order chi connectivity index (χ1) is 17.8. The molecule has 0 saturated carbocycles. The number of alkyl halides is 1. The number of benzene rings is 1. The van der Waals surface area contributed by atoms with Crippen molar-refractivity contribution < 1.29 is 33.4 Å². The van der Waals surface area contributed by atoms with E-state index in [-0.39, 0.29) is 43.6 Å². The zero-order valence-corrected chi connectivity index (χ0v) is 23.2. The number of rotatable bonds is 15. The van der Waals surface area contributed by atoms with Gasteiger partial charge in [-0.25, -0.2) is 9.18 Å². The number of hydrogen-bond acceptors (Lipinski definition) is 6. The smallest absolute Gasteiger partial charge is 0.408 e. The predicted molar refractivity (Wildman–Crippen MR) is 142 cm³/mol. The van der Waals surface area contributed by atoms with Crippen molar-refractivity contribution in [2.75, 3.05) is 20.8 Å². The number of carbonyl (C=O) groups is 4. The Morgan fingerprint density at radius 1 is 0.974 bits per heavy atom. The van der Waals surface area contributed by atoms with E-state index in [2.05, 4.69) is 16.0 Å². The molecule has 1 aromatic carbocycles. The maximum absolute atomic E-state index is 13.3. The minimum Gasteiger partial charge on any atom is -0.445 e. The summed E-state index contributed by atoms with van der Waals surface area (Å²) in [5.41, 5.74) is 0.791. The van der Waals surface area contributed by atoms with Crippen LogP contribution in [0, 0.1) is 11.8 Å². The third kappa shape index (κ3) is 11.9. The Labute approximate surface area is 224 Å². The highest BCUT2D eigenvalue weighted by Crippen LogP contribution is 2.11. The van der Waals surface area contributed by atoms with Crippen molar-refractivity contribution in [3.05, 3.63) is 35.9 Å². The van der Waals surface area contributed by atoms with Gasteiger partial charge in [0.1, 0.15) is 31.5 Å². The van der Waals surface area contributed by atoms with Crippen LogP contribution in [0.1, 0.15) is 52.5 Å². The van der Waals surface area contributed by atoms with E-state index in [1.165, 1.54) is 4.90 Å². The molecule has 38 heavy (non-hydrogen) atoms. The molecule has 4 amide bonds. The van der Waals surface area contributed by atoms with E-state index in [0.29, 0.717) is 0 Å². The van der Waals surface area contributed by atoms with Gasteiger partial charge in [0.05, 0.1) is 6.04 Å². The van der Waals surface area contributed by atoms with Crippen LogP contribution in [-0.4, -0.2) is 78.8 Å². The van der Waals surface area contributed by atoms with Crippen molar-refractivity contribution in [3.63, 3.8) is 0 Å². The molecule has 0 fully saturated rings. The molecule has 1 aromatic rings. The van der Waals surface area contributed by atoms with Gasteiger partial charge in [0.15, 0.2) is 0 Å². The van der Waals surface area contributed by atoms with Crippen LogP contribution >= 0.6 is 0 Å². The Hall–Kier alpha value is -3.21. The SMILES string of the molecule is CC(C)C[C@H](NC(=O)[C@@H](NC(=O)OCc1ccccc1)C(C)C)C(=O)NC(CCC(=O)N(C)C)C(O)CF. The second-order valence-corrected chi connectivity index (χ2v) is 10.3. The number of hydrogen-bond donors (Lipinski definition) is 4. The fourth-order valence-corrected chi connectivity index (χ4v) is 3.65. The molecule has 0 aliphatic carbocycles.